The molecule has 0 radical (unpaired) electrons. The number of rotatable bonds is 7. The Kier molecular flexibility index (Phi) is 6.97. The van der Waals surface area contributed by atoms with Crippen LogP contribution in [0.15, 0.2) is 30.0 Å². The van der Waals surface area contributed by atoms with Gasteiger partial charge < -0.3 is 15.3 Å². The summed E-state index contributed by atoms with van der Waals surface area (Å²) >= 11 is 0. The number of aryl methyl sites for hydroxylation is 1. The number of carbonyl (C=O) groups excluding carboxylic acids is 1. The van der Waals surface area contributed by atoms with Crippen LogP contribution in [0.2, 0.25) is 0 Å². The van der Waals surface area contributed by atoms with Crippen molar-refractivity contribution in [2.24, 2.45) is 0 Å². The van der Waals surface area contributed by atoms with Crippen molar-refractivity contribution in [1.82, 2.24) is 4.90 Å². The number of nitriles is 1. The molecule has 5 heteroatoms. The molecule has 0 unspecified atom stereocenters. The molecule has 0 aromatic heterocycles. The first-order chi connectivity index (χ1) is 10.5. The second kappa shape index (κ2) is 8.73. The third kappa shape index (κ3) is 5.13. The van der Waals surface area contributed by atoms with Crippen molar-refractivity contribution >= 4 is 11.6 Å². The quantitative estimate of drug-likeness (QED) is 0.461. The normalized spacial score (nSPS) is 10.9. The molecule has 0 atom stereocenters. The van der Waals surface area contributed by atoms with E-state index in [9.17, 15) is 15.2 Å². The lowest BCUT2D eigenvalue weighted by Gasteiger charge is -2.19. The van der Waals surface area contributed by atoms with Crippen LogP contribution < -0.4 is 5.32 Å². The second-order valence-corrected chi connectivity index (χ2v) is 5.14. The smallest absolute Gasteiger partial charge is 0.267 e. The van der Waals surface area contributed by atoms with Gasteiger partial charge in [0.05, 0.1) is 0 Å². The van der Waals surface area contributed by atoms with Crippen LogP contribution in [0.1, 0.15) is 32.3 Å². The standard InChI is InChI=1S/C17H23N3O2/c1-4-8-20(9-5-2)12-14(11-18)17(22)19-16-7-6-15(21)10-13(16)3/h6-7,10,12,21H,4-5,8-9H2,1-3H3,(H,19,22)/b14-12-. The molecule has 0 spiro atoms. The predicted molar refractivity (Wildman–Crippen MR) is 87.3 cm³/mol. The summed E-state index contributed by atoms with van der Waals surface area (Å²) in [7, 11) is 0. The summed E-state index contributed by atoms with van der Waals surface area (Å²) in [6, 6.07) is 6.64. The highest BCUT2D eigenvalue weighted by atomic mass is 16.3. The van der Waals surface area contributed by atoms with Crippen LogP contribution in [-0.4, -0.2) is 29.0 Å². The Morgan fingerprint density at radius 1 is 1.36 bits per heavy atom. The van der Waals surface area contributed by atoms with Gasteiger partial charge in [0, 0.05) is 25.0 Å². The van der Waals surface area contributed by atoms with Crippen molar-refractivity contribution in [2.75, 3.05) is 18.4 Å². The van der Waals surface area contributed by atoms with Crippen molar-refractivity contribution < 1.29 is 9.90 Å². The number of hydrogen-bond donors (Lipinski definition) is 2. The highest BCUT2D eigenvalue weighted by Crippen LogP contribution is 2.20. The zero-order valence-corrected chi connectivity index (χ0v) is 13.4. The summed E-state index contributed by atoms with van der Waals surface area (Å²) in [4.78, 5) is 14.2. The van der Waals surface area contributed by atoms with E-state index in [-0.39, 0.29) is 11.3 Å². The van der Waals surface area contributed by atoms with Crippen LogP contribution in [0.3, 0.4) is 0 Å². The maximum Gasteiger partial charge on any atom is 0.267 e. The monoisotopic (exact) mass is 301 g/mol. The van der Waals surface area contributed by atoms with Crippen LogP contribution in [0.5, 0.6) is 5.75 Å². The number of anilines is 1. The molecule has 2 N–H and O–H groups in total. The number of hydrogen-bond acceptors (Lipinski definition) is 4. The highest BCUT2D eigenvalue weighted by Gasteiger charge is 2.12. The number of carbonyl (C=O) groups is 1. The predicted octanol–water partition coefficient (Wildman–Crippen LogP) is 3.17. The SMILES string of the molecule is CCCN(/C=C(/C#N)C(=O)Nc1ccc(O)cc1C)CCC. The molecule has 1 aromatic carbocycles. The molecular weight excluding hydrogens is 278 g/mol. The summed E-state index contributed by atoms with van der Waals surface area (Å²) in [5, 5.41) is 21.3. The Balaban J connectivity index is 2.89. The lowest BCUT2D eigenvalue weighted by molar-refractivity contribution is -0.112. The fourth-order valence-electron chi connectivity index (χ4n) is 2.11. The molecule has 0 aliphatic heterocycles. The third-order valence-electron chi connectivity index (χ3n) is 3.16. The van der Waals surface area contributed by atoms with Crippen LogP contribution in [0, 0.1) is 18.3 Å². The van der Waals surface area contributed by atoms with Gasteiger partial charge >= 0.3 is 0 Å². The van der Waals surface area contributed by atoms with Gasteiger partial charge in [-0.25, -0.2) is 0 Å². The van der Waals surface area contributed by atoms with E-state index in [4.69, 9.17) is 0 Å². The molecule has 118 valence electrons. The first-order valence-corrected chi connectivity index (χ1v) is 7.48. The van der Waals surface area contributed by atoms with E-state index < -0.39 is 5.91 Å². The fourth-order valence-corrected chi connectivity index (χ4v) is 2.11. The van der Waals surface area contributed by atoms with E-state index >= 15 is 0 Å². The molecule has 0 bridgehead atoms. The molecule has 1 aromatic rings. The van der Waals surface area contributed by atoms with Crippen molar-refractivity contribution in [3.8, 4) is 11.8 Å². The largest absolute Gasteiger partial charge is 0.508 e. The molecule has 0 aliphatic rings. The average molecular weight is 301 g/mol. The van der Waals surface area contributed by atoms with Gasteiger partial charge in [-0.1, -0.05) is 13.8 Å². The Morgan fingerprint density at radius 2 is 2.00 bits per heavy atom. The van der Waals surface area contributed by atoms with Crippen LogP contribution in [0.25, 0.3) is 0 Å². The molecule has 1 amide bonds. The van der Waals surface area contributed by atoms with Gasteiger partial charge in [-0.2, -0.15) is 5.26 Å². The lowest BCUT2D eigenvalue weighted by Crippen LogP contribution is -2.23. The Bertz CT molecular complexity index is 582. The van der Waals surface area contributed by atoms with Gasteiger partial charge in [0.2, 0.25) is 0 Å². The minimum atomic E-state index is -0.437. The average Bonchev–Trinajstić information content (AvgIpc) is 2.47. The zero-order valence-electron chi connectivity index (χ0n) is 13.4. The maximum atomic E-state index is 12.2. The number of benzene rings is 1. The van der Waals surface area contributed by atoms with Crippen molar-refractivity contribution in [3.05, 3.63) is 35.5 Å². The summed E-state index contributed by atoms with van der Waals surface area (Å²) < 4.78 is 0. The Labute approximate surface area is 131 Å². The van der Waals surface area contributed by atoms with Gasteiger partial charge in [0.1, 0.15) is 17.4 Å². The minimum absolute atomic E-state index is 0.0781. The number of nitrogens with zero attached hydrogens (tertiary/aromatic N) is 2. The number of nitrogens with one attached hydrogen (secondary N) is 1. The molecule has 0 aliphatic carbocycles. The van der Waals surface area contributed by atoms with Crippen molar-refractivity contribution in [1.29, 1.82) is 5.26 Å². The minimum Gasteiger partial charge on any atom is -0.508 e. The van der Waals surface area contributed by atoms with E-state index in [0.717, 1.165) is 31.5 Å². The van der Waals surface area contributed by atoms with Crippen LogP contribution >= 0.6 is 0 Å². The topological polar surface area (TPSA) is 76.4 Å². The highest BCUT2D eigenvalue weighted by molar-refractivity contribution is 6.06. The Hall–Kier alpha value is -2.48. The van der Waals surface area contributed by atoms with Gasteiger partial charge in [0.15, 0.2) is 0 Å². The lowest BCUT2D eigenvalue weighted by atomic mass is 10.1. The molecule has 5 nitrogen and oxygen atoms in total. The van der Waals surface area contributed by atoms with E-state index in [2.05, 4.69) is 19.2 Å². The van der Waals surface area contributed by atoms with Gasteiger partial charge in [-0.05, 0) is 43.5 Å². The summed E-state index contributed by atoms with van der Waals surface area (Å²) in [5.41, 5.74) is 1.40. The van der Waals surface area contributed by atoms with Gasteiger partial charge in [-0.15, -0.1) is 0 Å². The van der Waals surface area contributed by atoms with Crippen molar-refractivity contribution in [3.63, 3.8) is 0 Å². The zero-order chi connectivity index (χ0) is 16.5. The summed E-state index contributed by atoms with van der Waals surface area (Å²) in [6.45, 7) is 7.52. The summed E-state index contributed by atoms with van der Waals surface area (Å²) in [6.07, 6.45) is 3.53. The molecule has 1 rings (SSSR count). The van der Waals surface area contributed by atoms with Crippen LogP contribution in [-0.2, 0) is 4.79 Å². The van der Waals surface area contributed by atoms with E-state index in [1.165, 1.54) is 6.07 Å². The van der Waals surface area contributed by atoms with Crippen molar-refractivity contribution in [2.45, 2.75) is 33.6 Å². The molecular formula is C17H23N3O2. The first kappa shape index (κ1) is 17.6. The second-order valence-electron chi connectivity index (χ2n) is 5.14. The molecule has 0 heterocycles. The van der Waals surface area contributed by atoms with Crippen LogP contribution in [0.4, 0.5) is 5.69 Å². The van der Waals surface area contributed by atoms with E-state index in [1.54, 1.807) is 25.3 Å². The Morgan fingerprint density at radius 3 is 2.50 bits per heavy atom. The van der Waals surface area contributed by atoms with E-state index in [0.29, 0.717) is 5.69 Å². The number of phenolic OH excluding ortho intramolecular Hbond substituents is 1. The first-order valence-electron chi connectivity index (χ1n) is 7.48. The van der Waals surface area contributed by atoms with Gasteiger partial charge in [0.25, 0.3) is 5.91 Å². The third-order valence-corrected chi connectivity index (χ3v) is 3.16. The van der Waals surface area contributed by atoms with E-state index in [1.807, 2.05) is 11.0 Å². The molecule has 0 fully saturated rings. The number of amides is 1. The number of aromatic hydroxyl groups is 1. The van der Waals surface area contributed by atoms with Gasteiger partial charge in [-0.3, -0.25) is 4.79 Å². The maximum absolute atomic E-state index is 12.2. The fraction of sp³-hybridized carbons (Fsp3) is 0.412. The molecule has 0 saturated heterocycles. The molecule has 22 heavy (non-hydrogen) atoms. The summed E-state index contributed by atoms with van der Waals surface area (Å²) in [5.74, 6) is -0.294. The number of phenols is 1. The molecule has 0 saturated carbocycles.